The zero-order chi connectivity index (χ0) is 13.0. The number of ether oxygens (including phenoxy) is 2. The van der Waals surface area contributed by atoms with Gasteiger partial charge in [-0.25, -0.2) is 0 Å². The molecule has 0 saturated heterocycles. The third-order valence-electron chi connectivity index (χ3n) is 3.43. The second-order valence-electron chi connectivity index (χ2n) is 4.98. The van der Waals surface area contributed by atoms with Crippen molar-refractivity contribution < 1.29 is 14.6 Å². The first-order chi connectivity index (χ1) is 8.72. The van der Waals surface area contributed by atoms with Gasteiger partial charge in [-0.1, -0.05) is 25.1 Å². The minimum absolute atomic E-state index is 0.295. The van der Waals surface area contributed by atoms with E-state index in [4.69, 9.17) is 9.47 Å². The van der Waals surface area contributed by atoms with E-state index in [0.717, 1.165) is 30.6 Å². The molecule has 100 valence electrons. The minimum atomic E-state index is -0.904. The van der Waals surface area contributed by atoms with Gasteiger partial charge in [0.05, 0.1) is 13.2 Å². The predicted molar refractivity (Wildman–Crippen MR) is 70.7 cm³/mol. The van der Waals surface area contributed by atoms with Gasteiger partial charge in [0.2, 0.25) is 0 Å². The molecule has 18 heavy (non-hydrogen) atoms. The SMILES string of the molecule is CCCOc1ccccc1C(O)(COC)C1CC1. The molecule has 1 atom stereocenters. The van der Waals surface area contributed by atoms with Crippen LogP contribution in [0.5, 0.6) is 5.75 Å². The number of aliphatic hydroxyl groups is 1. The lowest BCUT2D eigenvalue weighted by atomic mass is 9.89. The summed E-state index contributed by atoms with van der Waals surface area (Å²) in [7, 11) is 1.63. The maximum absolute atomic E-state index is 10.9. The molecule has 1 aromatic rings. The molecule has 1 aromatic carbocycles. The maximum Gasteiger partial charge on any atom is 0.125 e. The summed E-state index contributed by atoms with van der Waals surface area (Å²) in [6.07, 6.45) is 3.07. The molecule has 1 saturated carbocycles. The summed E-state index contributed by atoms with van der Waals surface area (Å²) in [6, 6.07) is 7.75. The zero-order valence-electron chi connectivity index (χ0n) is 11.2. The van der Waals surface area contributed by atoms with Crippen molar-refractivity contribution in [2.24, 2.45) is 5.92 Å². The predicted octanol–water partition coefficient (Wildman–Crippen LogP) is 2.72. The molecule has 0 aromatic heterocycles. The Kier molecular flexibility index (Phi) is 4.25. The van der Waals surface area contributed by atoms with Crippen LogP contribution < -0.4 is 4.74 Å². The van der Waals surface area contributed by atoms with E-state index >= 15 is 0 Å². The fourth-order valence-electron chi connectivity index (χ4n) is 2.36. The van der Waals surface area contributed by atoms with Crippen molar-refractivity contribution in [1.82, 2.24) is 0 Å². The Morgan fingerprint density at radius 3 is 2.67 bits per heavy atom. The average Bonchev–Trinajstić information content (AvgIpc) is 3.21. The first-order valence-electron chi connectivity index (χ1n) is 6.66. The Morgan fingerprint density at radius 2 is 2.06 bits per heavy atom. The van der Waals surface area contributed by atoms with Gasteiger partial charge in [0, 0.05) is 12.7 Å². The molecule has 0 amide bonds. The van der Waals surface area contributed by atoms with E-state index in [1.54, 1.807) is 7.11 Å². The van der Waals surface area contributed by atoms with Crippen LogP contribution in [0.3, 0.4) is 0 Å². The van der Waals surface area contributed by atoms with Gasteiger partial charge < -0.3 is 14.6 Å². The molecule has 1 N–H and O–H groups in total. The molecule has 3 heteroatoms. The van der Waals surface area contributed by atoms with Crippen LogP contribution in [0.2, 0.25) is 0 Å². The lowest BCUT2D eigenvalue weighted by Crippen LogP contribution is -2.34. The summed E-state index contributed by atoms with van der Waals surface area (Å²) in [5.74, 6) is 1.08. The number of hydrogen-bond acceptors (Lipinski definition) is 3. The molecule has 1 fully saturated rings. The Bertz CT molecular complexity index is 387. The zero-order valence-corrected chi connectivity index (χ0v) is 11.2. The monoisotopic (exact) mass is 250 g/mol. The smallest absolute Gasteiger partial charge is 0.125 e. The fourth-order valence-corrected chi connectivity index (χ4v) is 2.36. The van der Waals surface area contributed by atoms with Crippen LogP contribution in [0.15, 0.2) is 24.3 Å². The molecule has 0 spiro atoms. The Balaban J connectivity index is 2.28. The Labute approximate surface area is 109 Å². The summed E-state index contributed by atoms with van der Waals surface area (Å²) in [4.78, 5) is 0. The first-order valence-corrected chi connectivity index (χ1v) is 6.66. The lowest BCUT2D eigenvalue weighted by molar-refractivity contribution is -0.0548. The summed E-state index contributed by atoms with van der Waals surface area (Å²) in [5, 5.41) is 10.9. The van der Waals surface area contributed by atoms with Gasteiger partial charge in [-0.05, 0) is 31.2 Å². The van der Waals surface area contributed by atoms with E-state index in [9.17, 15) is 5.11 Å². The summed E-state index contributed by atoms with van der Waals surface area (Å²) < 4.78 is 11.0. The Morgan fingerprint density at radius 1 is 1.33 bits per heavy atom. The van der Waals surface area contributed by atoms with Crippen molar-refractivity contribution in [3.63, 3.8) is 0 Å². The van der Waals surface area contributed by atoms with Gasteiger partial charge in [0.1, 0.15) is 11.4 Å². The largest absolute Gasteiger partial charge is 0.493 e. The molecule has 1 aliphatic carbocycles. The minimum Gasteiger partial charge on any atom is -0.493 e. The normalized spacial score (nSPS) is 18.4. The van der Waals surface area contributed by atoms with Crippen molar-refractivity contribution in [3.05, 3.63) is 29.8 Å². The summed E-state index contributed by atoms with van der Waals surface area (Å²) >= 11 is 0. The molecular formula is C15H22O3. The van der Waals surface area contributed by atoms with Crippen molar-refractivity contribution in [1.29, 1.82) is 0 Å². The Hall–Kier alpha value is -1.06. The second-order valence-corrected chi connectivity index (χ2v) is 4.98. The first kappa shape index (κ1) is 13.4. The topological polar surface area (TPSA) is 38.7 Å². The molecule has 0 heterocycles. The molecule has 1 aliphatic rings. The second kappa shape index (κ2) is 5.72. The fraction of sp³-hybridized carbons (Fsp3) is 0.600. The van der Waals surface area contributed by atoms with Gasteiger partial charge in [-0.15, -0.1) is 0 Å². The number of hydrogen-bond donors (Lipinski definition) is 1. The lowest BCUT2D eigenvalue weighted by Gasteiger charge is -2.29. The van der Waals surface area contributed by atoms with Gasteiger partial charge in [0.25, 0.3) is 0 Å². The van der Waals surface area contributed by atoms with Crippen LogP contribution in [0.1, 0.15) is 31.7 Å². The highest BCUT2D eigenvalue weighted by molar-refractivity contribution is 5.39. The molecule has 3 nitrogen and oxygen atoms in total. The third-order valence-corrected chi connectivity index (χ3v) is 3.43. The van der Waals surface area contributed by atoms with Gasteiger partial charge in [-0.2, -0.15) is 0 Å². The maximum atomic E-state index is 10.9. The van der Waals surface area contributed by atoms with E-state index < -0.39 is 5.60 Å². The molecular weight excluding hydrogens is 228 g/mol. The quantitative estimate of drug-likeness (QED) is 0.808. The molecule has 1 unspecified atom stereocenters. The molecule has 0 radical (unpaired) electrons. The number of benzene rings is 1. The van der Waals surface area contributed by atoms with Gasteiger partial charge >= 0.3 is 0 Å². The van der Waals surface area contributed by atoms with Crippen LogP contribution >= 0.6 is 0 Å². The number of rotatable bonds is 7. The average molecular weight is 250 g/mol. The van der Waals surface area contributed by atoms with E-state index in [0.29, 0.717) is 19.1 Å². The van der Waals surface area contributed by atoms with Crippen LogP contribution in [0, 0.1) is 5.92 Å². The van der Waals surface area contributed by atoms with E-state index in [-0.39, 0.29) is 0 Å². The summed E-state index contributed by atoms with van der Waals surface area (Å²) in [6.45, 7) is 3.07. The van der Waals surface area contributed by atoms with Crippen molar-refractivity contribution in [3.8, 4) is 5.75 Å². The van der Waals surface area contributed by atoms with Crippen LogP contribution in [-0.2, 0) is 10.3 Å². The van der Waals surface area contributed by atoms with Crippen molar-refractivity contribution >= 4 is 0 Å². The highest BCUT2D eigenvalue weighted by Crippen LogP contribution is 2.48. The highest BCUT2D eigenvalue weighted by Gasteiger charge is 2.46. The van der Waals surface area contributed by atoms with Gasteiger partial charge in [-0.3, -0.25) is 0 Å². The third kappa shape index (κ3) is 2.68. The van der Waals surface area contributed by atoms with E-state index in [2.05, 4.69) is 6.92 Å². The number of para-hydroxylation sites is 1. The highest BCUT2D eigenvalue weighted by atomic mass is 16.5. The van der Waals surface area contributed by atoms with E-state index in [1.165, 1.54) is 0 Å². The number of methoxy groups -OCH3 is 1. The molecule has 0 aliphatic heterocycles. The summed E-state index contributed by atoms with van der Waals surface area (Å²) in [5.41, 5.74) is -0.0400. The van der Waals surface area contributed by atoms with Gasteiger partial charge in [0.15, 0.2) is 0 Å². The molecule has 0 bridgehead atoms. The van der Waals surface area contributed by atoms with Crippen LogP contribution in [0.25, 0.3) is 0 Å². The van der Waals surface area contributed by atoms with E-state index in [1.807, 2.05) is 24.3 Å². The van der Waals surface area contributed by atoms with Crippen molar-refractivity contribution in [2.45, 2.75) is 31.8 Å². The standard InChI is InChI=1S/C15H22O3/c1-3-10-18-14-7-5-4-6-13(14)15(16,11-17-2)12-8-9-12/h4-7,12,16H,3,8-11H2,1-2H3. The van der Waals surface area contributed by atoms with Crippen LogP contribution in [-0.4, -0.2) is 25.4 Å². The van der Waals surface area contributed by atoms with Crippen LogP contribution in [0.4, 0.5) is 0 Å². The molecule has 2 rings (SSSR count). The van der Waals surface area contributed by atoms with Crippen molar-refractivity contribution in [2.75, 3.05) is 20.3 Å².